The van der Waals surface area contributed by atoms with Gasteiger partial charge in [-0.3, -0.25) is 14.1 Å². The lowest BCUT2D eigenvalue weighted by molar-refractivity contribution is -0.432. The van der Waals surface area contributed by atoms with Crippen molar-refractivity contribution in [3.63, 3.8) is 0 Å². The van der Waals surface area contributed by atoms with Crippen molar-refractivity contribution in [2.24, 2.45) is 10.2 Å². The van der Waals surface area contributed by atoms with E-state index in [9.17, 15) is 36.4 Å². The molecule has 0 spiro atoms. The topological polar surface area (TPSA) is 234 Å². The van der Waals surface area contributed by atoms with Crippen LogP contribution in [0.5, 0.6) is 11.5 Å². The van der Waals surface area contributed by atoms with Gasteiger partial charge in [-0.1, -0.05) is 95.1 Å². The number of amides is 1. The van der Waals surface area contributed by atoms with Gasteiger partial charge in [0.05, 0.1) is 34.0 Å². The van der Waals surface area contributed by atoms with E-state index in [-0.39, 0.29) is 37.7 Å². The maximum absolute atomic E-state index is 13.6. The molecule has 0 fully saturated rings. The second kappa shape index (κ2) is 22.0. The largest absolute Gasteiger partial charge is 0.508 e. The standard InChI is InChI=1S/C39H50N4O11S3/c1-3-4-5-6-7-8-9-10-11-12-13-14-15-17-28-22-31(45)20-21-34(28)43-56(48,49)33-19-16-18-30(25-33)41-42-38-36(57(50,51)52)24-29-23-32(55-54-53-47)26-35(40-27(2)44)37(29)39(38)46/h16,18-26,43,45-47H,3-15,17H2,1-2H3,(H,40,44)(H,50,51,52). The van der Waals surface area contributed by atoms with Gasteiger partial charge in [-0.15, -0.1) is 9.45 Å². The normalized spacial score (nSPS) is 12.1. The first-order valence-corrected chi connectivity index (χ1v) is 22.5. The molecule has 0 unspecified atom stereocenters. The van der Waals surface area contributed by atoms with Crippen molar-refractivity contribution in [3.05, 3.63) is 66.2 Å². The molecule has 0 aromatic heterocycles. The number of aryl methyl sites for hydroxylation is 1. The Balaban J connectivity index is 1.48. The minimum Gasteiger partial charge on any atom is -0.508 e. The van der Waals surface area contributed by atoms with E-state index in [4.69, 9.17) is 5.26 Å². The van der Waals surface area contributed by atoms with Crippen LogP contribution < -0.4 is 10.0 Å². The zero-order valence-electron chi connectivity index (χ0n) is 31.9. The van der Waals surface area contributed by atoms with E-state index < -0.39 is 42.4 Å². The molecule has 57 heavy (non-hydrogen) atoms. The highest BCUT2D eigenvalue weighted by Crippen LogP contribution is 2.46. The summed E-state index contributed by atoms with van der Waals surface area (Å²) in [5.74, 6) is -1.32. The predicted molar refractivity (Wildman–Crippen MR) is 219 cm³/mol. The molecule has 4 aromatic carbocycles. The molecule has 0 saturated heterocycles. The number of hydrogen-bond donors (Lipinski definition) is 6. The lowest BCUT2D eigenvalue weighted by Gasteiger charge is -2.14. The molecule has 0 heterocycles. The number of fused-ring (bicyclic) bond motifs is 1. The van der Waals surface area contributed by atoms with Gasteiger partial charge < -0.3 is 15.5 Å². The fraction of sp³-hybridized carbons (Fsp3) is 0.410. The molecule has 310 valence electrons. The zero-order valence-corrected chi connectivity index (χ0v) is 34.4. The van der Waals surface area contributed by atoms with E-state index in [0.717, 1.165) is 31.7 Å². The number of phenolic OH excluding ortho intramolecular Hbond substituents is 2. The van der Waals surface area contributed by atoms with Crippen LogP contribution in [0.25, 0.3) is 10.8 Å². The number of anilines is 2. The number of aromatic hydroxyl groups is 2. The minimum atomic E-state index is -5.04. The maximum atomic E-state index is 13.6. The van der Waals surface area contributed by atoms with Crippen molar-refractivity contribution >= 4 is 71.6 Å². The summed E-state index contributed by atoms with van der Waals surface area (Å²) in [5.41, 5.74) is 0.193. The van der Waals surface area contributed by atoms with Crippen molar-refractivity contribution in [2.75, 3.05) is 10.0 Å². The molecule has 0 saturated carbocycles. The molecule has 0 aliphatic carbocycles. The van der Waals surface area contributed by atoms with Crippen LogP contribution in [0, 0.1) is 0 Å². The molecular weight excluding hydrogens is 797 g/mol. The zero-order chi connectivity index (χ0) is 41.4. The Morgan fingerprint density at radius 3 is 2.05 bits per heavy atom. The lowest BCUT2D eigenvalue weighted by Crippen LogP contribution is -2.14. The second-order valence-electron chi connectivity index (χ2n) is 13.7. The fourth-order valence-electron chi connectivity index (χ4n) is 6.39. The van der Waals surface area contributed by atoms with Crippen molar-refractivity contribution in [2.45, 2.75) is 118 Å². The summed E-state index contributed by atoms with van der Waals surface area (Å²) in [6, 6.07) is 13.4. The number of carbonyl (C=O) groups is 1. The summed E-state index contributed by atoms with van der Waals surface area (Å²) in [7, 11) is -9.24. The van der Waals surface area contributed by atoms with Crippen LogP contribution in [-0.4, -0.2) is 42.8 Å². The number of nitrogens with zero attached hydrogens (tertiary/aromatic N) is 2. The minimum absolute atomic E-state index is 0.0104. The van der Waals surface area contributed by atoms with Crippen LogP contribution in [0.3, 0.4) is 0 Å². The van der Waals surface area contributed by atoms with Crippen molar-refractivity contribution in [3.8, 4) is 11.5 Å². The third-order valence-electron chi connectivity index (χ3n) is 9.15. The Morgan fingerprint density at radius 1 is 0.789 bits per heavy atom. The molecule has 1 amide bonds. The van der Waals surface area contributed by atoms with Gasteiger partial charge in [0.1, 0.15) is 16.3 Å². The molecule has 0 atom stereocenters. The summed E-state index contributed by atoms with van der Waals surface area (Å²) in [5, 5.41) is 43.9. The molecular formula is C39H50N4O11S3. The number of sulfonamides is 1. The van der Waals surface area contributed by atoms with Crippen molar-refractivity contribution < 1.29 is 51.0 Å². The third-order valence-corrected chi connectivity index (χ3v) is 11.9. The van der Waals surface area contributed by atoms with E-state index in [0.29, 0.717) is 29.7 Å². The highest BCUT2D eigenvalue weighted by molar-refractivity contribution is 7.94. The Labute approximate surface area is 337 Å². The Bertz CT molecular complexity index is 2230. The predicted octanol–water partition coefficient (Wildman–Crippen LogP) is 10.7. The second-order valence-corrected chi connectivity index (χ2v) is 17.5. The summed E-state index contributed by atoms with van der Waals surface area (Å²) < 4.78 is 69.2. The average molecular weight is 847 g/mol. The quantitative estimate of drug-likeness (QED) is 0.00735. The first kappa shape index (κ1) is 45.4. The van der Waals surface area contributed by atoms with E-state index in [1.807, 2.05) is 0 Å². The van der Waals surface area contributed by atoms with E-state index in [2.05, 4.69) is 36.6 Å². The number of carbonyl (C=O) groups excluding carboxylic acids is 1. The van der Waals surface area contributed by atoms with Gasteiger partial charge in [-0.05, 0) is 78.4 Å². The monoisotopic (exact) mass is 846 g/mol. The van der Waals surface area contributed by atoms with Crippen LogP contribution in [0.1, 0.15) is 103 Å². The lowest BCUT2D eigenvalue weighted by atomic mass is 10.0. The van der Waals surface area contributed by atoms with Crippen LogP contribution in [0.15, 0.2) is 85.6 Å². The SMILES string of the molecule is CCCCCCCCCCCCCCCc1cc(O)ccc1NS(=O)(=O)c1cccc(N=Nc2c(S(=O)(=O)O)cc3cc(SOOO)cc(NC(C)=O)c3c2O)c1. The molecule has 15 nitrogen and oxygen atoms in total. The number of benzene rings is 4. The Morgan fingerprint density at radius 2 is 1.44 bits per heavy atom. The molecule has 0 aliphatic rings. The average Bonchev–Trinajstić information content (AvgIpc) is 3.15. The number of rotatable bonds is 24. The number of azo groups is 1. The molecule has 0 bridgehead atoms. The highest BCUT2D eigenvalue weighted by atomic mass is 32.2. The smallest absolute Gasteiger partial charge is 0.296 e. The number of hydrogen-bond acceptors (Lipinski definition) is 13. The number of phenols is 2. The molecule has 0 aliphatic heterocycles. The third kappa shape index (κ3) is 13.9. The number of nitrogens with one attached hydrogen (secondary N) is 2. The van der Waals surface area contributed by atoms with Gasteiger partial charge in [-0.25, -0.2) is 13.7 Å². The molecule has 0 radical (unpaired) electrons. The van der Waals surface area contributed by atoms with Gasteiger partial charge in [0.15, 0.2) is 5.75 Å². The summed E-state index contributed by atoms with van der Waals surface area (Å²) in [6.45, 7) is 3.42. The maximum Gasteiger partial charge on any atom is 0.296 e. The molecule has 6 N–H and O–H groups in total. The van der Waals surface area contributed by atoms with E-state index >= 15 is 0 Å². The van der Waals surface area contributed by atoms with Crippen molar-refractivity contribution in [1.82, 2.24) is 0 Å². The van der Waals surface area contributed by atoms with Crippen LogP contribution in [-0.2, 0) is 40.7 Å². The fourth-order valence-corrected chi connectivity index (χ4v) is 8.64. The van der Waals surface area contributed by atoms with Crippen LogP contribution in [0.2, 0.25) is 0 Å². The Hall–Kier alpha value is -4.30. The van der Waals surface area contributed by atoms with Gasteiger partial charge in [0.25, 0.3) is 20.1 Å². The summed E-state index contributed by atoms with van der Waals surface area (Å²) >= 11 is 0.498. The van der Waals surface area contributed by atoms with Crippen molar-refractivity contribution in [1.29, 1.82) is 0 Å². The van der Waals surface area contributed by atoms with E-state index in [1.165, 1.54) is 113 Å². The first-order valence-electron chi connectivity index (χ1n) is 18.8. The molecule has 4 aromatic rings. The van der Waals surface area contributed by atoms with Gasteiger partial charge in [0, 0.05) is 17.2 Å². The highest BCUT2D eigenvalue weighted by Gasteiger charge is 2.25. The van der Waals surface area contributed by atoms with Crippen LogP contribution in [0.4, 0.5) is 22.7 Å². The summed E-state index contributed by atoms with van der Waals surface area (Å²) in [6.07, 6.45) is 16.2. The Kier molecular flexibility index (Phi) is 17.5. The molecule has 18 heteroatoms. The molecule has 4 rings (SSSR count). The number of unbranched alkanes of at least 4 members (excludes halogenated alkanes) is 12. The van der Waals surface area contributed by atoms with Gasteiger partial charge in [0.2, 0.25) is 5.91 Å². The van der Waals surface area contributed by atoms with E-state index in [1.54, 1.807) is 6.07 Å². The van der Waals surface area contributed by atoms with Crippen LogP contribution >= 0.6 is 12.0 Å². The first-order chi connectivity index (χ1) is 27.2. The van der Waals surface area contributed by atoms with Gasteiger partial charge >= 0.3 is 0 Å². The van der Waals surface area contributed by atoms with Gasteiger partial charge in [-0.2, -0.15) is 13.5 Å². The summed E-state index contributed by atoms with van der Waals surface area (Å²) in [4.78, 5) is 11.1.